The van der Waals surface area contributed by atoms with E-state index < -0.39 is 0 Å². The highest BCUT2D eigenvalue weighted by atomic mass is 14.9. The minimum Gasteiger partial charge on any atom is -0.346 e. The van der Waals surface area contributed by atoms with Gasteiger partial charge in [0.15, 0.2) is 0 Å². The third-order valence-corrected chi connectivity index (χ3v) is 4.09. The second-order valence-electron chi connectivity index (χ2n) is 6.12. The molecule has 0 aromatic carbocycles. The van der Waals surface area contributed by atoms with Crippen molar-refractivity contribution in [2.75, 3.05) is 0 Å². The molecule has 1 aromatic heterocycles. The molecule has 0 aliphatic rings. The summed E-state index contributed by atoms with van der Waals surface area (Å²) in [4.78, 5) is 7.89. The van der Waals surface area contributed by atoms with Crippen molar-refractivity contribution in [1.29, 1.82) is 5.26 Å². The number of nitrogens with one attached hydrogen (secondary N) is 1. The van der Waals surface area contributed by atoms with Crippen LogP contribution in [-0.2, 0) is 6.42 Å². The lowest BCUT2D eigenvalue weighted by Gasteiger charge is -2.01. The molecule has 0 saturated carbocycles. The molecule has 1 rings (SSSR count). The first-order valence-electron chi connectivity index (χ1n) is 8.64. The van der Waals surface area contributed by atoms with Gasteiger partial charge in [-0.15, -0.1) is 0 Å². The molecule has 1 N–H and O–H groups in total. The SMILES string of the molecule is CCCCCCCCCCCc1nc(C(C)C#N)c(C)[nH]1. The van der Waals surface area contributed by atoms with Crippen LogP contribution in [0.2, 0.25) is 0 Å². The molecular formula is C18H31N3. The molecule has 0 aliphatic carbocycles. The summed E-state index contributed by atoms with van der Waals surface area (Å²) in [6.07, 6.45) is 13.1. The van der Waals surface area contributed by atoms with Crippen LogP contribution in [0.3, 0.4) is 0 Å². The normalized spacial score (nSPS) is 12.3. The zero-order chi connectivity index (χ0) is 15.5. The molecule has 1 aromatic rings. The fourth-order valence-corrected chi connectivity index (χ4v) is 2.74. The number of rotatable bonds is 11. The van der Waals surface area contributed by atoms with Crippen molar-refractivity contribution in [2.24, 2.45) is 0 Å². The summed E-state index contributed by atoms with van der Waals surface area (Å²) < 4.78 is 0. The monoisotopic (exact) mass is 289 g/mol. The zero-order valence-corrected chi connectivity index (χ0v) is 14.0. The summed E-state index contributed by atoms with van der Waals surface area (Å²) in [5.41, 5.74) is 1.97. The van der Waals surface area contributed by atoms with Crippen molar-refractivity contribution in [1.82, 2.24) is 9.97 Å². The van der Waals surface area contributed by atoms with Gasteiger partial charge in [0.25, 0.3) is 0 Å². The van der Waals surface area contributed by atoms with Gasteiger partial charge in [-0.3, -0.25) is 0 Å². The minimum atomic E-state index is -0.113. The van der Waals surface area contributed by atoms with Gasteiger partial charge >= 0.3 is 0 Å². The van der Waals surface area contributed by atoms with Crippen LogP contribution in [-0.4, -0.2) is 9.97 Å². The highest BCUT2D eigenvalue weighted by Crippen LogP contribution is 2.17. The molecule has 0 fully saturated rings. The molecule has 0 saturated heterocycles. The van der Waals surface area contributed by atoms with E-state index in [0.717, 1.165) is 23.6 Å². The van der Waals surface area contributed by atoms with Crippen LogP contribution in [0, 0.1) is 18.3 Å². The van der Waals surface area contributed by atoms with Crippen molar-refractivity contribution < 1.29 is 0 Å². The van der Waals surface area contributed by atoms with E-state index in [1.165, 1.54) is 57.8 Å². The molecule has 3 nitrogen and oxygen atoms in total. The molecule has 0 spiro atoms. The van der Waals surface area contributed by atoms with E-state index in [-0.39, 0.29) is 5.92 Å². The number of hydrogen-bond donors (Lipinski definition) is 1. The average molecular weight is 289 g/mol. The molecule has 0 bridgehead atoms. The Morgan fingerprint density at radius 3 is 2.19 bits per heavy atom. The lowest BCUT2D eigenvalue weighted by Crippen LogP contribution is -1.93. The molecule has 1 unspecified atom stereocenters. The quantitative estimate of drug-likeness (QED) is 0.553. The molecule has 1 heterocycles. The number of imidazole rings is 1. The van der Waals surface area contributed by atoms with Crippen molar-refractivity contribution in [3.8, 4) is 6.07 Å². The van der Waals surface area contributed by atoms with Crippen molar-refractivity contribution in [3.05, 3.63) is 17.2 Å². The third-order valence-electron chi connectivity index (χ3n) is 4.09. The van der Waals surface area contributed by atoms with Gasteiger partial charge in [0.05, 0.1) is 17.7 Å². The van der Waals surface area contributed by atoms with Gasteiger partial charge in [-0.1, -0.05) is 58.3 Å². The Hall–Kier alpha value is -1.30. The minimum absolute atomic E-state index is 0.113. The van der Waals surface area contributed by atoms with Gasteiger partial charge in [0, 0.05) is 12.1 Å². The summed E-state index contributed by atoms with van der Waals surface area (Å²) in [5.74, 6) is 0.936. The topological polar surface area (TPSA) is 52.5 Å². The van der Waals surface area contributed by atoms with Gasteiger partial charge in [-0.05, 0) is 20.3 Å². The van der Waals surface area contributed by atoms with Crippen LogP contribution >= 0.6 is 0 Å². The first kappa shape index (κ1) is 17.8. The number of unbranched alkanes of at least 4 members (excludes halogenated alkanes) is 8. The Morgan fingerprint density at radius 2 is 1.62 bits per heavy atom. The number of nitriles is 1. The molecule has 1 atom stereocenters. The first-order chi connectivity index (χ1) is 10.2. The van der Waals surface area contributed by atoms with E-state index >= 15 is 0 Å². The summed E-state index contributed by atoms with van der Waals surface area (Å²) >= 11 is 0. The Labute approximate surface area is 130 Å². The number of aryl methyl sites for hydroxylation is 2. The second-order valence-corrected chi connectivity index (χ2v) is 6.12. The van der Waals surface area contributed by atoms with E-state index in [2.05, 4.69) is 23.0 Å². The zero-order valence-electron chi connectivity index (χ0n) is 14.0. The predicted molar refractivity (Wildman–Crippen MR) is 88.3 cm³/mol. The maximum absolute atomic E-state index is 8.97. The fraction of sp³-hybridized carbons (Fsp3) is 0.778. The molecule has 0 aliphatic heterocycles. The number of nitrogens with zero attached hydrogens (tertiary/aromatic N) is 2. The van der Waals surface area contributed by atoms with E-state index in [4.69, 9.17) is 5.26 Å². The van der Waals surface area contributed by atoms with E-state index in [1.807, 2.05) is 13.8 Å². The van der Waals surface area contributed by atoms with Crippen LogP contribution in [0.1, 0.15) is 94.8 Å². The fourth-order valence-electron chi connectivity index (χ4n) is 2.74. The van der Waals surface area contributed by atoms with Crippen LogP contribution in [0.15, 0.2) is 0 Å². The average Bonchev–Trinajstić information content (AvgIpc) is 2.85. The smallest absolute Gasteiger partial charge is 0.106 e. The predicted octanol–water partition coefficient (Wildman–Crippen LogP) is 5.42. The number of H-pyrrole nitrogens is 1. The van der Waals surface area contributed by atoms with Gasteiger partial charge in [-0.25, -0.2) is 4.98 Å². The first-order valence-corrected chi connectivity index (χ1v) is 8.64. The summed E-state index contributed by atoms with van der Waals surface area (Å²) in [7, 11) is 0. The Morgan fingerprint density at radius 1 is 1.05 bits per heavy atom. The molecular weight excluding hydrogens is 258 g/mol. The standard InChI is InChI=1S/C18H31N3/c1-4-5-6-7-8-9-10-11-12-13-17-20-16(3)18(21-17)15(2)14-19/h15H,4-13H2,1-3H3,(H,20,21). The number of aromatic nitrogens is 2. The van der Waals surface area contributed by atoms with Crippen molar-refractivity contribution >= 4 is 0 Å². The van der Waals surface area contributed by atoms with Gasteiger partial charge in [-0.2, -0.15) is 5.26 Å². The second kappa shape index (κ2) is 10.4. The highest BCUT2D eigenvalue weighted by molar-refractivity contribution is 5.22. The summed E-state index contributed by atoms with van der Waals surface area (Å²) in [5, 5.41) is 8.97. The molecule has 0 amide bonds. The Balaban J connectivity index is 2.12. The van der Waals surface area contributed by atoms with Crippen LogP contribution in [0.5, 0.6) is 0 Å². The maximum atomic E-state index is 8.97. The third kappa shape index (κ3) is 6.80. The van der Waals surface area contributed by atoms with E-state index in [0.29, 0.717) is 0 Å². The number of aromatic amines is 1. The van der Waals surface area contributed by atoms with Crippen LogP contribution in [0.25, 0.3) is 0 Å². The van der Waals surface area contributed by atoms with Gasteiger partial charge < -0.3 is 4.98 Å². The highest BCUT2D eigenvalue weighted by Gasteiger charge is 2.12. The largest absolute Gasteiger partial charge is 0.346 e. The number of hydrogen-bond acceptors (Lipinski definition) is 2. The summed E-state index contributed by atoms with van der Waals surface area (Å²) in [6.45, 7) is 6.18. The lowest BCUT2D eigenvalue weighted by molar-refractivity contribution is 0.562. The Bertz CT molecular complexity index is 428. The van der Waals surface area contributed by atoms with Gasteiger partial charge in [0.1, 0.15) is 5.82 Å². The van der Waals surface area contributed by atoms with Crippen LogP contribution < -0.4 is 0 Å². The van der Waals surface area contributed by atoms with Crippen molar-refractivity contribution in [2.45, 2.75) is 90.9 Å². The molecule has 3 heteroatoms. The van der Waals surface area contributed by atoms with Gasteiger partial charge in [0.2, 0.25) is 0 Å². The van der Waals surface area contributed by atoms with Crippen molar-refractivity contribution in [3.63, 3.8) is 0 Å². The molecule has 21 heavy (non-hydrogen) atoms. The maximum Gasteiger partial charge on any atom is 0.106 e. The molecule has 118 valence electrons. The van der Waals surface area contributed by atoms with E-state index in [1.54, 1.807) is 0 Å². The summed E-state index contributed by atoms with van der Waals surface area (Å²) in [6, 6.07) is 2.26. The van der Waals surface area contributed by atoms with Crippen LogP contribution in [0.4, 0.5) is 0 Å². The lowest BCUT2D eigenvalue weighted by atomic mass is 10.1. The van der Waals surface area contributed by atoms with E-state index in [9.17, 15) is 0 Å². The Kier molecular flexibility index (Phi) is 8.82. The molecule has 0 radical (unpaired) electrons.